The molecule has 114 valence electrons. The summed E-state index contributed by atoms with van der Waals surface area (Å²) in [6, 6.07) is 0. The van der Waals surface area contributed by atoms with Crippen molar-refractivity contribution in [1.29, 1.82) is 0 Å². The van der Waals surface area contributed by atoms with Crippen molar-refractivity contribution in [3.8, 4) is 0 Å². The second-order valence-corrected chi connectivity index (χ2v) is 6.39. The van der Waals surface area contributed by atoms with E-state index < -0.39 is 17.6 Å². The number of hydrogen-bond donors (Lipinski definition) is 2. The number of carbonyl (C=O) groups is 2. The van der Waals surface area contributed by atoms with Crippen molar-refractivity contribution in [1.82, 2.24) is 5.32 Å². The molecule has 0 radical (unpaired) electrons. The normalized spacial score (nSPS) is 31.1. The van der Waals surface area contributed by atoms with Gasteiger partial charge in [-0.25, -0.2) is 4.79 Å². The first-order valence-corrected chi connectivity index (χ1v) is 8.05. The predicted molar refractivity (Wildman–Crippen MR) is 74.8 cm³/mol. The van der Waals surface area contributed by atoms with Gasteiger partial charge >= 0.3 is 5.97 Å². The Morgan fingerprint density at radius 1 is 1.60 bits per heavy atom. The van der Waals surface area contributed by atoms with Gasteiger partial charge in [0.25, 0.3) is 0 Å². The van der Waals surface area contributed by atoms with Crippen LogP contribution in [0.3, 0.4) is 0 Å². The number of amides is 1. The molecule has 0 aromatic rings. The highest BCUT2D eigenvalue weighted by Gasteiger charge is 2.44. The van der Waals surface area contributed by atoms with Gasteiger partial charge in [0.15, 0.2) is 0 Å². The largest absolute Gasteiger partial charge is 0.479 e. The van der Waals surface area contributed by atoms with Crippen LogP contribution in [0, 0.1) is 0 Å². The van der Waals surface area contributed by atoms with Crippen molar-refractivity contribution in [3.63, 3.8) is 0 Å². The van der Waals surface area contributed by atoms with E-state index in [-0.39, 0.29) is 12.0 Å². The van der Waals surface area contributed by atoms with E-state index in [2.05, 4.69) is 5.32 Å². The number of ether oxygens (including phenoxy) is 2. The van der Waals surface area contributed by atoms with Crippen LogP contribution >= 0.6 is 11.8 Å². The van der Waals surface area contributed by atoms with Crippen LogP contribution < -0.4 is 5.32 Å². The van der Waals surface area contributed by atoms with Crippen LogP contribution in [0.2, 0.25) is 0 Å². The lowest BCUT2D eigenvalue weighted by Crippen LogP contribution is -2.57. The van der Waals surface area contributed by atoms with Crippen LogP contribution in [0.15, 0.2) is 0 Å². The molecule has 2 N–H and O–H groups in total. The molecule has 20 heavy (non-hydrogen) atoms. The fourth-order valence-electron chi connectivity index (χ4n) is 2.33. The quantitative estimate of drug-likeness (QED) is 0.749. The molecule has 0 bridgehead atoms. The van der Waals surface area contributed by atoms with Crippen LogP contribution in [0.25, 0.3) is 0 Å². The van der Waals surface area contributed by atoms with Gasteiger partial charge in [-0.3, -0.25) is 4.79 Å². The minimum absolute atomic E-state index is 0.0562. The number of aliphatic carboxylic acids is 1. The smallest absolute Gasteiger partial charge is 0.330 e. The maximum Gasteiger partial charge on any atom is 0.330 e. The van der Waals surface area contributed by atoms with Crippen molar-refractivity contribution in [3.05, 3.63) is 0 Å². The lowest BCUT2D eigenvalue weighted by Gasteiger charge is -2.26. The van der Waals surface area contributed by atoms with Gasteiger partial charge in [-0.05, 0) is 31.9 Å². The molecule has 0 aromatic carbocycles. The van der Waals surface area contributed by atoms with Gasteiger partial charge in [0.05, 0.1) is 12.7 Å². The molecule has 0 aliphatic carbocycles. The molecule has 0 spiro atoms. The van der Waals surface area contributed by atoms with Crippen molar-refractivity contribution < 1.29 is 24.2 Å². The zero-order chi connectivity index (χ0) is 14.6. The lowest BCUT2D eigenvalue weighted by molar-refractivity contribution is -0.149. The summed E-state index contributed by atoms with van der Waals surface area (Å²) in [5.41, 5.74) is -1.14. The molecular weight excluding hydrogens is 282 g/mol. The second kappa shape index (κ2) is 6.78. The Bertz CT molecular complexity index is 364. The minimum atomic E-state index is -1.14. The van der Waals surface area contributed by atoms with Crippen molar-refractivity contribution in [2.45, 2.75) is 43.9 Å². The van der Waals surface area contributed by atoms with Gasteiger partial charge in [0.2, 0.25) is 5.91 Å². The maximum atomic E-state index is 12.1. The summed E-state index contributed by atoms with van der Waals surface area (Å²) >= 11 is 1.54. The Hall–Kier alpha value is -0.790. The molecule has 1 amide bonds. The number of hydrogen-bond acceptors (Lipinski definition) is 5. The summed E-state index contributed by atoms with van der Waals surface area (Å²) in [4.78, 5) is 23.4. The number of carboxylic acids is 1. The van der Waals surface area contributed by atoms with E-state index >= 15 is 0 Å². The average molecular weight is 303 g/mol. The monoisotopic (exact) mass is 303 g/mol. The molecule has 3 unspecified atom stereocenters. The summed E-state index contributed by atoms with van der Waals surface area (Å²) in [5, 5.41) is 11.9. The van der Waals surface area contributed by atoms with Crippen molar-refractivity contribution in [2.24, 2.45) is 0 Å². The maximum absolute atomic E-state index is 12.1. The molecule has 6 nitrogen and oxygen atoms in total. The third kappa shape index (κ3) is 3.65. The number of carbonyl (C=O) groups excluding carboxylic acids is 1. The van der Waals surface area contributed by atoms with Gasteiger partial charge in [-0.15, -0.1) is 0 Å². The van der Waals surface area contributed by atoms with Gasteiger partial charge in [0.1, 0.15) is 11.6 Å². The van der Waals surface area contributed by atoms with Crippen LogP contribution in [0.4, 0.5) is 0 Å². The zero-order valence-electron chi connectivity index (χ0n) is 11.6. The molecule has 2 aliphatic heterocycles. The number of nitrogens with one attached hydrogen (secondary N) is 1. The molecule has 2 fully saturated rings. The van der Waals surface area contributed by atoms with Gasteiger partial charge in [0, 0.05) is 12.4 Å². The van der Waals surface area contributed by atoms with Crippen molar-refractivity contribution >= 4 is 23.6 Å². The minimum Gasteiger partial charge on any atom is -0.479 e. The van der Waals surface area contributed by atoms with Gasteiger partial charge in [-0.2, -0.15) is 11.8 Å². The molecule has 3 atom stereocenters. The van der Waals surface area contributed by atoms with E-state index in [1.807, 2.05) is 0 Å². The van der Waals surface area contributed by atoms with Crippen LogP contribution in [-0.4, -0.2) is 59.4 Å². The molecule has 2 aliphatic rings. The number of carboxylic acid groups (broad SMARTS) is 1. The predicted octanol–water partition coefficient (Wildman–Crippen LogP) is 0.647. The van der Waals surface area contributed by atoms with Gasteiger partial charge in [-0.1, -0.05) is 0 Å². The third-order valence-corrected chi connectivity index (χ3v) is 4.91. The Morgan fingerprint density at radius 2 is 2.40 bits per heavy atom. The van der Waals surface area contributed by atoms with E-state index in [1.54, 1.807) is 18.7 Å². The summed E-state index contributed by atoms with van der Waals surface area (Å²) < 4.78 is 10.9. The fraction of sp³-hybridized carbons (Fsp3) is 0.846. The standard InChI is InChI=1S/C13H21NO5S/c1-9(19-7-10-3-2-5-18-10)11(15)14-13(12(16)17)4-6-20-8-13/h9-10H,2-8H2,1H3,(H,14,15)(H,16,17). The Balaban J connectivity index is 1.81. The lowest BCUT2D eigenvalue weighted by atomic mass is 9.99. The van der Waals surface area contributed by atoms with E-state index in [0.717, 1.165) is 25.2 Å². The number of rotatable bonds is 6. The summed E-state index contributed by atoms with van der Waals surface area (Å²) in [6.45, 7) is 2.76. The third-order valence-electron chi connectivity index (χ3n) is 3.72. The summed E-state index contributed by atoms with van der Waals surface area (Å²) in [6.07, 6.45) is 1.82. The Kier molecular flexibility index (Phi) is 5.29. The first-order chi connectivity index (χ1) is 9.53. The first-order valence-electron chi connectivity index (χ1n) is 6.90. The van der Waals surface area contributed by atoms with E-state index in [9.17, 15) is 14.7 Å². The van der Waals surface area contributed by atoms with Crippen LogP contribution in [0.1, 0.15) is 26.2 Å². The van der Waals surface area contributed by atoms with Gasteiger partial charge < -0.3 is 19.9 Å². The van der Waals surface area contributed by atoms with E-state index in [1.165, 1.54) is 0 Å². The SMILES string of the molecule is CC(OCC1CCCO1)C(=O)NC1(C(=O)O)CCSC1. The highest BCUT2D eigenvalue weighted by molar-refractivity contribution is 7.99. The molecule has 2 heterocycles. The number of thioether (sulfide) groups is 1. The van der Waals surface area contributed by atoms with E-state index in [4.69, 9.17) is 9.47 Å². The first kappa shape index (κ1) is 15.6. The highest BCUT2D eigenvalue weighted by atomic mass is 32.2. The summed E-state index contributed by atoms with van der Waals surface area (Å²) in [5.74, 6) is -0.181. The summed E-state index contributed by atoms with van der Waals surface area (Å²) in [7, 11) is 0. The molecule has 0 saturated carbocycles. The average Bonchev–Trinajstić information content (AvgIpc) is 3.07. The highest BCUT2D eigenvalue weighted by Crippen LogP contribution is 2.28. The molecular formula is C13H21NO5S. The second-order valence-electron chi connectivity index (χ2n) is 5.29. The van der Waals surface area contributed by atoms with Crippen molar-refractivity contribution in [2.75, 3.05) is 24.7 Å². The Morgan fingerprint density at radius 3 is 2.95 bits per heavy atom. The fourth-order valence-corrected chi connectivity index (χ4v) is 3.65. The van der Waals surface area contributed by atoms with E-state index in [0.29, 0.717) is 18.8 Å². The molecule has 0 aromatic heterocycles. The topological polar surface area (TPSA) is 84.9 Å². The Labute approximate surface area is 122 Å². The zero-order valence-corrected chi connectivity index (χ0v) is 12.4. The molecule has 7 heteroatoms. The van der Waals surface area contributed by atoms with Crippen LogP contribution in [-0.2, 0) is 19.1 Å². The molecule has 2 rings (SSSR count). The van der Waals surface area contributed by atoms with Crippen LogP contribution in [0.5, 0.6) is 0 Å². The molecule has 2 saturated heterocycles.